The molecule has 142 valence electrons. The van der Waals surface area contributed by atoms with Gasteiger partial charge in [0.15, 0.2) is 0 Å². The topological polar surface area (TPSA) is 84.5 Å². The van der Waals surface area contributed by atoms with Gasteiger partial charge in [-0.25, -0.2) is 4.79 Å². The molecule has 0 aliphatic heterocycles. The molecule has 2 aromatic rings. The summed E-state index contributed by atoms with van der Waals surface area (Å²) in [6.45, 7) is 4.07. The van der Waals surface area contributed by atoms with E-state index in [1.165, 1.54) is 11.8 Å². The number of ether oxygens (including phenoxy) is 1. The third-order valence-electron chi connectivity index (χ3n) is 3.60. The smallest absolute Gasteiger partial charge is 0.321 e. The first-order valence-corrected chi connectivity index (χ1v) is 9.51. The van der Waals surface area contributed by atoms with E-state index in [1.807, 2.05) is 31.2 Å². The largest absolute Gasteiger partial charge is 0.447 e. The first-order chi connectivity index (χ1) is 13.0. The summed E-state index contributed by atoms with van der Waals surface area (Å²) in [6, 6.07) is 15.7. The highest BCUT2D eigenvalue weighted by atomic mass is 32.2. The van der Waals surface area contributed by atoms with Crippen LogP contribution in [0.2, 0.25) is 0 Å². The van der Waals surface area contributed by atoms with E-state index in [9.17, 15) is 14.4 Å². The van der Waals surface area contributed by atoms with Gasteiger partial charge in [-0.1, -0.05) is 48.5 Å². The van der Waals surface area contributed by atoms with E-state index in [0.717, 1.165) is 10.5 Å². The summed E-state index contributed by atoms with van der Waals surface area (Å²) in [7, 11) is 0. The number of carbonyl (C=O) groups is 3. The Hall–Kier alpha value is -2.80. The second-order valence-electron chi connectivity index (χ2n) is 5.68. The fourth-order valence-electron chi connectivity index (χ4n) is 2.30. The zero-order valence-corrected chi connectivity index (χ0v) is 16.0. The van der Waals surface area contributed by atoms with Gasteiger partial charge in [0.2, 0.25) is 6.10 Å². The molecule has 0 radical (unpaired) electrons. The molecule has 0 bridgehead atoms. The molecule has 0 aliphatic carbocycles. The number of esters is 1. The maximum Gasteiger partial charge on any atom is 0.321 e. The molecular formula is C20H22N2O4S. The molecule has 0 unspecified atom stereocenters. The van der Waals surface area contributed by atoms with Crippen molar-refractivity contribution in [2.45, 2.75) is 24.8 Å². The minimum atomic E-state index is -1.20. The first kappa shape index (κ1) is 20.5. The maximum absolute atomic E-state index is 12.4. The zero-order chi connectivity index (χ0) is 19.6. The van der Waals surface area contributed by atoms with Crippen LogP contribution in [0.5, 0.6) is 0 Å². The van der Waals surface area contributed by atoms with Gasteiger partial charge in [0.25, 0.3) is 5.91 Å². The number of thioether (sulfide) groups is 1. The van der Waals surface area contributed by atoms with E-state index in [1.54, 1.807) is 37.3 Å². The van der Waals surface area contributed by atoms with E-state index in [0.29, 0.717) is 12.1 Å². The maximum atomic E-state index is 12.4. The van der Waals surface area contributed by atoms with Gasteiger partial charge in [0, 0.05) is 17.0 Å². The Kier molecular flexibility index (Phi) is 7.88. The summed E-state index contributed by atoms with van der Waals surface area (Å²) in [5, 5.41) is 4.67. The number of hydrogen-bond donors (Lipinski definition) is 2. The van der Waals surface area contributed by atoms with Crippen molar-refractivity contribution >= 4 is 29.7 Å². The zero-order valence-electron chi connectivity index (χ0n) is 15.2. The van der Waals surface area contributed by atoms with Crippen LogP contribution >= 0.6 is 11.8 Å². The fourth-order valence-corrected chi connectivity index (χ4v) is 3.12. The van der Waals surface area contributed by atoms with Crippen molar-refractivity contribution < 1.29 is 19.1 Å². The number of hydrogen-bond acceptors (Lipinski definition) is 5. The Bertz CT molecular complexity index is 796. The number of aryl methyl sites for hydroxylation is 1. The van der Waals surface area contributed by atoms with Crippen molar-refractivity contribution in [1.29, 1.82) is 0 Å². The predicted molar refractivity (Wildman–Crippen MR) is 104 cm³/mol. The first-order valence-electron chi connectivity index (χ1n) is 8.52. The van der Waals surface area contributed by atoms with Gasteiger partial charge >= 0.3 is 12.0 Å². The highest BCUT2D eigenvalue weighted by Gasteiger charge is 2.26. The lowest BCUT2D eigenvalue weighted by Crippen LogP contribution is -2.42. The Morgan fingerprint density at radius 2 is 1.70 bits per heavy atom. The van der Waals surface area contributed by atoms with Crippen molar-refractivity contribution in [3.05, 3.63) is 65.7 Å². The lowest BCUT2D eigenvalue weighted by atomic mass is 10.1. The number of rotatable bonds is 7. The van der Waals surface area contributed by atoms with Gasteiger partial charge in [-0.2, -0.15) is 0 Å². The summed E-state index contributed by atoms with van der Waals surface area (Å²) < 4.78 is 5.39. The molecule has 0 fully saturated rings. The number of nitrogens with one attached hydrogen (secondary N) is 2. The molecule has 0 saturated heterocycles. The van der Waals surface area contributed by atoms with Crippen LogP contribution in [0.25, 0.3) is 0 Å². The second-order valence-corrected chi connectivity index (χ2v) is 6.70. The molecule has 1 atom stereocenters. The van der Waals surface area contributed by atoms with Gasteiger partial charge in [0.1, 0.15) is 0 Å². The molecule has 2 aromatic carbocycles. The number of imide groups is 1. The van der Waals surface area contributed by atoms with Crippen LogP contribution in [0.4, 0.5) is 4.79 Å². The van der Waals surface area contributed by atoms with Crippen LogP contribution in [-0.4, -0.2) is 30.2 Å². The molecular weight excluding hydrogens is 364 g/mol. The third-order valence-corrected chi connectivity index (χ3v) is 4.75. The number of amides is 3. The lowest BCUT2D eigenvalue weighted by molar-refractivity contribution is -0.153. The molecule has 2 N–H and O–H groups in total. The minimum Gasteiger partial charge on any atom is -0.447 e. The van der Waals surface area contributed by atoms with Crippen LogP contribution in [-0.2, 0) is 14.3 Å². The van der Waals surface area contributed by atoms with Crippen LogP contribution in [0, 0.1) is 6.92 Å². The summed E-state index contributed by atoms with van der Waals surface area (Å²) in [5.74, 6) is -1.17. The van der Waals surface area contributed by atoms with E-state index >= 15 is 0 Å². The molecule has 7 heteroatoms. The van der Waals surface area contributed by atoms with Crippen molar-refractivity contribution in [2.24, 2.45) is 0 Å². The molecule has 0 aliphatic rings. The number of benzene rings is 2. The van der Waals surface area contributed by atoms with Crippen molar-refractivity contribution in [3.8, 4) is 0 Å². The van der Waals surface area contributed by atoms with Gasteiger partial charge in [0.05, 0.1) is 5.75 Å². The van der Waals surface area contributed by atoms with Crippen molar-refractivity contribution in [2.75, 3.05) is 12.3 Å². The fraction of sp³-hybridized carbons (Fsp3) is 0.250. The molecule has 0 spiro atoms. The highest BCUT2D eigenvalue weighted by Crippen LogP contribution is 2.24. The van der Waals surface area contributed by atoms with E-state index in [2.05, 4.69) is 10.6 Å². The average Bonchev–Trinajstić information content (AvgIpc) is 2.66. The molecule has 0 saturated carbocycles. The van der Waals surface area contributed by atoms with Gasteiger partial charge in [-0.15, -0.1) is 11.8 Å². The normalized spacial score (nSPS) is 11.3. The Balaban J connectivity index is 2.05. The number of carbonyl (C=O) groups excluding carboxylic acids is 3. The van der Waals surface area contributed by atoms with E-state index in [4.69, 9.17) is 4.74 Å². The van der Waals surface area contributed by atoms with Gasteiger partial charge in [-0.05, 0) is 25.5 Å². The SMILES string of the molecule is CCNC(=O)NC(=O)[C@H](OC(=O)CSc1ccccc1C)c1ccccc1. The second kappa shape index (κ2) is 10.4. The highest BCUT2D eigenvalue weighted by molar-refractivity contribution is 8.00. The standard InChI is InChI=1S/C20H22N2O4S/c1-3-21-20(25)22-19(24)18(15-10-5-4-6-11-15)26-17(23)13-27-16-12-8-7-9-14(16)2/h4-12,18H,3,13H2,1-2H3,(H2,21,22,24,25)/t18-/m1/s1. The summed E-state index contributed by atoms with van der Waals surface area (Å²) in [5.41, 5.74) is 1.55. The van der Waals surface area contributed by atoms with Crippen LogP contribution in [0.1, 0.15) is 24.2 Å². The van der Waals surface area contributed by atoms with E-state index < -0.39 is 24.0 Å². The minimum absolute atomic E-state index is 0.0582. The molecule has 3 amide bonds. The van der Waals surface area contributed by atoms with Crippen LogP contribution in [0.3, 0.4) is 0 Å². The monoisotopic (exact) mass is 386 g/mol. The van der Waals surface area contributed by atoms with Crippen molar-refractivity contribution in [1.82, 2.24) is 10.6 Å². The van der Waals surface area contributed by atoms with Crippen molar-refractivity contribution in [3.63, 3.8) is 0 Å². The quantitative estimate of drug-likeness (QED) is 0.564. The Morgan fingerprint density at radius 1 is 1.04 bits per heavy atom. The van der Waals surface area contributed by atoms with Crippen LogP contribution < -0.4 is 10.6 Å². The van der Waals surface area contributed by atoms with Gasteiger partial charge in [-0.3, -0.25) is 14.9 Å². The summed E-state index contributed by atoms with van der Waals surface area (Å²) in [4.78, 5) is 37.3. The average molecular weight is 386 g/mol. The van der Waals surface area contributed by atoms with E-state index in [-0.39, 0.29) is 5.75 Å². The molecule has 2 rings (SSSR count). The summed E-state index contributed by atoms with van der Waals surface area (Å²) >= 11 is 1.34. The molecule has 0 heterocycles. The van der Waals surface area contributed by atoms with Crippen LogP contribution in [0.15, 0.2) is 59.5 Å². The molecule has 27 heavy (non-hydrogen) atoms. The predicted octanol–water partition coefficient (Wildman–Crippen LogP) is 3.22. The van der Waals surface area contributed by atoms with Gasteiger partial charge < -0.3 is 10.1 Å². The molecule has 0 aromatic heterocycles. The number of urea groups is 1. The molecule has 6 nitrogen and oxygen atoms in total. The Labute approximate surface area is 162 Å². The lowest BCUT2D eigenvalue weighted by Gasteiger charge is -2.17. The Morgan fingerprint density at radius 3 is 2.37 bits per heavy atom. The third kappa shape index (κ3) is 6.45. The summed E-state index contributed by atoms with van der Waals surface area (Å²) in [6.07, 6.45) is -1.20.